The number of aromatic nitrogens is 2. The van der Waals surface area contributed by atoms with Crippen LogP contribution in [0.25, 0.3) is 0 Å². The Bertz CT molecular complexity index is 469. The summed E-state index contributed by atoms with van der Waals surface area (Å²) in [6, 6.07) is 3.64. The van der Waals surface area contributed by atoms with Crippen LogP contribution in [0, 0.1) is 0 Å². The molecule has 126 valence electrons. The number of unbranched alkanes of at least 4 members (excludes halogenated alkanes) is 1. The van der Waals surface area contributed by atoms with E-state index in [1.807, 2.05) is 33.8 Å². The van der Waals surface area contributed by atoms with E-state index in [4.69, 9.17) is 25.4 Å². The Balaban J connectivity index is 2.70. The van der Waals surface area contributed by atoms with Crippen molar-refractivity contribution < 1.29 is 13.6 Å². The number of thioether (sulfide) groups is 1. The Hall–Kier alpha value is -0.200. The van der Waals surface area contributed by atoms with Gasteiger partial charge >= 0.3 is 6.72 Å². The lowest BCUT2D eigenvalue weighted by Gasteiger charge is -2.25. The van der Waals surface area contributed by atoms with Gasteiger partial charge in [-0.2, -0.15) is 0 Å². The lowest BCUT2D eigenvalue weighted by atomic mass is 10.4. The molecule has 5 nitrogen and oxygen atoms in total. The van der Waals surface area contributed by atoms with Crippen LogP contribution in [0.5, 0.6) is 5.88 Å². The monoisotopic (exact) mass is 364 g/mol. The van der Waals surface area contributed by atoms with Gasteiger partial charge in [0.15, 0.2) is 0 Å². The highest BCUT2D eigenvalue weighted by molar-refractivity contribution is 8.07. The highest BCUT2D eigenvalue weighted by Gasteiger charge is 2.26. The summed E-state index contributed by atoms with van der Waals surface area (Å²) >= 11 is 7.11. The molecule has 0 bridgehead atoms. The first-order chi connectivity index (χ1) is 10.3. The Morgan fingerprint density at radius 3 is 2.23 bits per heavy atom. The molecule has 0 aromatic carbocycles. The molecule has 1 aromatic rings. The van der Waals surface area contributed by atoms with Crippen molar-refractivity contribution >= 4 is 30.3 Å². The zero-order chi connectivity index (χ0) is 16.6. The summed E-state index contributed by atoms with van der Waals surface area (Å²) in [4.78, 5) is 0. The van der Waals surface area contributed by atoms with E-state index in [1.54, 1.807) is 17.8 Å². The molecule has 0 aliphatic rings. The van der Waals surface area contributed by atoms with Crippen molar-refractivity contribution in [2.45, 2.75) is 64.7 Å². The van der Waals surface area contributed by atoms with Gasteiger partial charge in [-0.3, -0.25) is 9.05 Å². The van der Waals surface area contributed by atoms with Crippen molar-refractivity contribution in [2.24, 2.45) is 0 Å². The van der Waals surface area contributed by atoms with E-state index in [-0.39, 0.29) is 12.2 Å². The van der Waals surface area contributed by atoms with Gasteiger partial charge in [-0.05, 0) is 45.9 Å². The summed E-state index contributed by atoms with van der Waals surface area (Å²) in [5.74, 6) is 1.38. The first kappa shape index (κ1) is 19.8. The number of nitrogens with zero attached hydrogens (tertiary/aromatic N) is 2. The summed E-state index contributed by atoms with van der Waals surface area (Å²) in [6.07, 6.45) is 2.17. The van der Waals surface area contributed by atoms with Crippen molar-refractivity contribution in [2.75, 3.05) is 5.75 Å². The second-order valence-corrected chi connectivity index (χ2v) is 9.21. The maximum Gasteiger partial charge on any atom is 0.382 e. The minimum Gasteiger partial charge on any atom is -0.404 e. The zero-order valence-electron chi connectivity index (χ0n) is 13.8. The highest BCUT2D eigenvalue weighted by atomic mass is 32.5. The fraction of sp³-hybridized carbons (Fsp3) is 0.714. The smallest absolute Gasteiger partial charge is 0.382 e. The quantitative estimate of drug-likeness (QED) is 0.335. The maximum atomic E-state index is 5.70. The standard InChI is InChI=1S/C14H25N2O3PS2/c1-6-7-10-22-14-9-8-13(15-16-14)19-20(21,17-11(2)3)18-12(4)5/h8-9,11-12H,6-7,10H2,1-5H3. The van der Waals surface area contributed by atoms with Gasteiger partial charge in [0.2, 0.25) is 5.88 Å². The molecule has 0 saturated heterocycles. The average Bonchev–Trinajstić information content (AvgIpc) is 2.38. The van der Waals surface area contributed by atoms with Gasteiger partial charge in [0.05, 0.1) is 12.2 Å². The van der Waals surface area contributed by atoms with Crippen LogP contribution in [-0.4, -0.2) is 28.2 Å². The molecule has 0 unspecified atom stereocenters. The Morgan fingerprint density at radius 2 is 1.77 bits per heavy atom. The van der Waals surface area contributed by atoms with Crippen molar-refractivity contribution in [3.63, 3.8) is 0 Å². The molecule has 22 heavy (non-hydrogen) atoms. The fourth-order valence-electron chi connectivity index (χ4n) is 1.45. The number of hydrogen-bond acceptors (Lipinski definition) is 7. The summed E-state index contributed by atoms with van der Waals surface area (Å²) in [5, 5.41) is 9.08. The van der Waals surface area contributed by atoms with Gasteiger partial charge in [0.25, 0.3) is 0 Å². The van der Waals surface area contributed by atoms with E-state index in [1.165, 1.54) is 6.42 Å². The van der Waals surface area contributed by atoms with Crippen LogP contribution >= 0.6 is 18.5 Å². The minimum atomic E-state index is -2.87. The third-order valence-electron chi connectivity index (χ3n) is 2.25. The molecule has 0 aliphatic heterocycles. The van der Waals surface area contributed by atoms with Gasteiger partial charge in [-0.1, -0.05) is 13.3 Å². The molecular formula is C14H25N2O3PS2. The molecule has 0 amide bonds. The largest absolute Gasteiger partial charge is 0.404 e. The van der Waals surface area contributed by atoms with E-state index in [9.17, 15) is 0 Å². The highest BCUT2D eigenvalue weighted by Crippen LogP contribution is 2.51. The second kappa shape index (κ2) is 9.83. The van der Waals surface area contributed by atoms with Crippen molar-refractivity contribution in [3.8, 4) is 5.88 Å². The average molecular weight is 364 g/mol. The lowest BCUT2D eigenvalue weighted by molar-refractivity contribution is 0.139. The number of hydrogen-bond donors (Lipinski definition) is 0. The molecular weight excluding hydrogens is 339 g/mol. The summed E-state index contributed by atoms with van der Waals surface area (Å²) in [7, 11) is 0. The van der Waals surface area contributed by atoms with Gasteiger partial charge in [0.1, 0.15) is 5.03 Å². The third-order valence-corrected chi connectivity index (χ3v) is 5.77. The molecule has 1 rings (SSSR count). The van der Waals surface area contributed by atoms with Crippen molar-refractivity contribution in [1.82, 2.24) is 10.2 Å². The van der Waals surface area contributed by atoms with Gasteiger partial charge in [-0.15, -0.1) is 22.0 Å². The fourth-order valence-corrected chi connectivity index (χ4v) is 5.12. The molecule has 1 aromatic heterocycles. The topological polar surface area (TPSA) is 53.5 Å². The molecule has 0 N–H and O–H groups in total. The Morgan fingerprint density at radius 1 is 1.14 bits per heavy atom. The van der Waals surface area contributed by atoms with Crippen LogP contribution in [-0.2, 0) is 20.9 Å². The van der Waals surface area contributed by atoms with E-state index in [0.29, 0.717) is 5.88 Å². The van der Waals surface area contributed by atoms with Gasteiger partial charge < -0.3 is 4.52 Å². The zero-order valence-corrected chi connectivity index (χ0v) is 16.3. The minimum absolute atomic E-state index is 0.0820. The van der Waals surface area contributed by atoms with Crippen molar-refractivity contribution in [3.05, 3.63) is 12.1 Å². The van der Waals surface area contributed by atoms with E-state index in [0.717, 1.165) is 17.2 Å². The van der Waals surface area contributed by atoms with Crippen LogP contribution in [0.2, 0.25) is 0 Å². The molecule has 0 atom stereocenters. The van der Waals surface area contributed by atoms with Crippen molar-refractivity contribution in [1.29, 1.82) is 0 Å². The molecule has 1 heterocycles. The van der Waals surface area contributed by atoms with Gasteiger partial charge in [0, 0.05) is 17.9 Å². The Kier molecular flexibility index (Phi) is 8.87. The molecule has 0 radical (unpaired) electrons. The van der Waals surface area contributed by atoms with E-state index in [2.05, 4.69) is 17.1 Å². The second-order valence-electron chi connectivity index (χ2n) is 5.26. The van der Waals surface area contributed by atoms with Crippen LogP contribution in [0.3, 0.4) is 0 Å². The summed E-state index contributed by atoms with van der Waals surface area (Å²) in [5.41, 5.74) is 0. The predicted molar refractivity (Wildman–Crippen MR) is 95.0 cm³/mol. The van der Waals surface area contributed by atoms with E-state index < -0.39 is 6.72 Å². The number of rotatable bonds is 10. The lowest BCUT2D eigenvalue weighted by Crippen LogP contribution is -2.12. The van der Waals surface area contributed by atoms with Crippen LogP contribution in [0.15, 0.2) is 17.2 Å². The molecule has 0 aliphatic carbocycles. The third kappa shape index (κ3) is 7.88. The van der Waals surface area contributed by atoms with Crippen LogP contribution in [0.1, 0.15) is 47.5 Å². The molecule has 0 saturated carbocycles. The predicted octanol–water partition coefficient (Wildman–Crippen LogP) is 4.82. The maximum absolute atomic E-state index is 5.70. The van der Waals surface area contributed by atoms with Crippen LogP contribution < -0.4 is 4.52 Å². The van der Waals surface area contributed by atoms with E-state index >= 15 is 0 Å². The van der Waals surface area contributed by atoms with Gasteiger partial charge in [-0.25, -0.2) is 0 Å². The summed E-state index contributed by atoms with van der Waals surface area (Å²) in [6.45, 7) is 6.88. The SMILES string of the molecule is CCCCSc1ccc(OP(=S)(OC(C)C)OC(C)C)nn1. The molecule has 0 spiro atoms. The first-order valence-corrected chi connectivity index (χ1v) is 11.0. The normalized spacial score (nSPS) is 12.1. The molecule has 8 heteroatoms. The first-order valence-electron chi connectivity index (χ1n) is 7.47. The molecule has 0 fully saturated rings. The summed E-state index contributed by atoms with van der Waals surface area (Å²) < 4.78 is 17.0. The van der Waals surface area contributed by atoms with Crippen LogP contribution in [0.4, 0.5) is 0 Å². The Labute approximate surface area is 142 Å².